The number of anilines is 1. The van der Waals surface area contributed by atoms with E-state index in [-0.39, 0.29) is 11.7 Å². The van der Waals surface area contributed by atoms with Crippen molar-refractivity contribution < 1.29 is 9.59 Å². The molecule has 18 heavy (non-hydrogen) atoms. The quantitative estimate of drug-likeness (QED) is 0.857. The van der Waals surface area contributed by atoms with Crippen LogP contribution in [0.2, 0.25) is 0 Å². The highest BCUT2D eigenvalue weighted by atomic mass is 32.1. The second-order valence-electron chi connectivity index (χ2n) is 4.04. The van der Waals surface area contributed by atoms with Gasteiger partial charge in [0.1, 0.15) is 0 Å². The van der Waals surface area contributed by atoms with Crippen molar-refractivity contribution in [2.24, 2.45) is 0 Å². The molecule has 0 spiro atoms. The predicted molar refractivity (Wildman–Crippen MR) is 73.5 cm³/mol. The molecule has 4 heteroatoms. The number of Topliss-reactive ketones (excluding diaryl/α,β-unsaturated/α-hetero) is 1. The van der Waals surface area contributed by atoms with Crippen molar-refractivity contribution in [1.29, 1.82) is 0 Å². The number of amides is 1. The Morgan fingerprint density at radius 1 is 1.00 bits per heavy atom. The first-order chi connectivity index (χ1) is 8.56. The molecule has 1 N–H and O–H groups in total. The molecule has 0 fully saturated rings. The lowest BCUT2D eigenvalue weighted by Crippen LogP contribution is -2.09. The second-order valence-corrected chi connectivity index (χ2v) is 5.12. The van der Waals surface area contributed by atoms with Gasteiger partial charge in [0, 0.05) is 5.69 Å². The number of ketones is 1. The molecule has 0 radical (unpaired) electrons. The number of aryl methyl sites for hydroxylation is 1. The molecule has 0 atom stereocenters. The van der Waals surface area contributed by atoms with Gasteiger partial charge in [0.15, 0.2) is 5.78 Å². The first-order valence-electron chi connectivity index (χ1n) is 5.55. The van der Waals surface area contributed by atoms with Gasteiger partial charge >= 0.3 is 0 Å². The lowest BCUT2D eigenvalue weighted by atomic mass is 10.2. The fourth-order valence-corrected chi connectivity index (χ4v) is 2.28. The third kappa shape index (κ3) is 2.84. The Labute approximate surface area is 109 Å². The maximum absolute atomic E-state index is 11.9. The second kappa shape index (κ2) is 5.14. The van der Waals surface area contributed by atoms with Crippen LogP contribution in [0.25, 0.3) is 0 Å². The Kier molecular flexibility index (Phi) is 3.58. The number of rotatable bonds is 3. The Hall–Kier alpha value is -1.94. The standard InChI is InChI=1S/C14H13NO2S/c1-9-3-5-11(6-4-9)15-14(17)13-8-7-12(18-13)10(2)16/h3-8H,1-2H3,(H,15,17). The van der Waals surface area contributed by atoms with Crippen LogP contribution >= 0.6 is 11.3 Å². The fourth-order valence-electron chi connectivity index (χ4n) is 1.48. The number of hydrogen-bond donors (Lipinski definition) is 1. The van der Waals surface area contributed by atoms with Gasteiger partial charge in [-0.15, -0.1) is 11.3 Å². The minimum absolute atomic E-state index is 0.0191. The molecule has 0 aliphatic heterocycles. The highest BCUT2D eigenvalue weighted by Crippen LogP contribution is 2.19. The van der Waals surface area contributed by atoms with Crippen molar-refractivity contribution in [1.82, 2.24) is 0 Å². The van der Waals surface area contributed by atoms with Gasteiger partial charge in [0.25, 0.3) is 5.91 Å². The summed E-state index contributed by atoms with van der Waals surface area (Å²) in [6, 6.07) is 10.9. The van der Waals surface area contributed by atoms with Crippen LogP contribution in [0.15, 0.2) is 36.4 Å². The van der Waals surface area contributed by atoms with E-state index in [1.165, 1.54) is 18.3 Å². The number of thiophene rings is 1. The number of nitrogens with one attached hydrogen (secondary N) is 1. The van der Waals surface area contributed by atoms with Crippen molar-refractivity contribution in [3.8, 4) is 0 Å². The van der Waals surface area contributed by atoms with Gasteiger partial charge in [-0.1, -0.05) is 17.7 Å². The molecule has 0 aliphatic rings. The topological polar surface area (TPSA) is 46.2 Å². The van der Waals surface area contributed by atoms with Gasteiger partial charge in [-0.25, -0.2) is 0 Å². The van der Waals surface area contributed by atoms with Crippen molar-refractivity contribution >= 4 is 28.7 Å². The molecule has 3 nitrogen and oxygen atoms in total. The van der Waals surface area contributed by atoms with Crippen molar-refractivity contribution in [2.45, 2.75) is 13.8 Å². The Morgan fingerprint density at radius 2 is 1.61 bits per heavy atom. The normalized spacial score (nSPS) is 10.1. The zero-order valence-electron chi connectivity index (χ0n) is 10.2. The van der Waals surface area contributed by atoms with E-state index in [0.29, 0.717) is 9.75 Å². The fraction of sp³-hybridized carbons (Fsp3) is 0.143. The molecule has 1 aromatic heterocycles. The van der Waals surface area contributed by atoms with Gasteiger partial charge in [-0.3, -0.25) is 9.59 Å². The van der Waals surface area contributed by atoms with Crippen LogP contribution in [-0.4, -0.2) is 11.7 Å². The lowest BCUT2D eigenvalue weighted by Gasteiger charge is -2.03. The van der Waals surface area contributed by atoms with E-state index in [2.05, 4.69) is 5.32 Å². The smallest absolute Gasteiger partial charge is 0.265 e. The lowest BCUT2D eigenvalue weighted by molar-refractivity contribution is 0.101. The third-order valence-electron chi connectivity index (χ3n) is 2.49. The van der Waals surface area contributed by atoms with Gasteiger partial charge in [-0.05, 0) is 38.1 Å². The van der Waals surface area contributed by atoms with Gasteiger partial charge in [0.2, 0.25) is 0 Å². The maximum Gasteiger partial charge on any atom is 0.265 e. The molecule has 92 valence electrons. The summed E-state index contributed by atoms with van der Waals surface area (Å²) in [4.78, 5) is 24.2. The summed E-state index contributed by atoms with van der Waals surface area (Å²) in [6.07, 6.45) is 0. The minimum atomic E-state index is -0.184. The molecule has 0 saturated heterocycles. The van der Waals surface area contributed by atoms with Crippen molar-refractivity contribution in [3.05, 3.63) is 51.7 Å². The Bertz CT molecular complexity index is 584. The molecule has 1 heterocycles. The highest BCUT2D eigenvalue weighted by molar-refractivity contribution is 7.16. The van der Waals surface area contributed by atoms with Gasteiger partial charge in [0.05, 0.1) is 9.75 Å². The van der Waals surface area contributed by atoms with Crippen molar-refractivity contribution in [2.75, 3.05) is 5.32 Å². The molecule has 1 amide bonds. The summed E-state index contributed by atoms with van der Waals surface area (Å²) in [5, 5.41) is 2.80. The molecule has 0 unspecified atom stereocenters. The van der Waals surface area contributed by atoms with E-state index >= 15 is 0 Å². The Balaban J connectivity index is 2.11. The first kappa shape index (κ1) is 12.5. The minimum Gasteiger partial charge on any atom is -0.321 e. The number of carbonyl (C=O) groups is 2. The summed E-state index contributed by atoms with van der Waals surface area (Å²) in [7, 11) is 0. The highest BCUT2D eigenvalue weighted by Gasteiger charge is 2.11. The van der Waals surface area contributed by atoms with Crippen LogP contribution in [0, 0.1) is 6.92 Å². The van der Waals surface area contributed by atoms with Crippen LogP contribution in [0.1, 0.15) is 31.8 Å². The molecule has 2 rings (SSSR count). The van der Waals surface area contributed by atoms with E-state index in [0.717, 1.165) is 11.3 Å². The maximum atomic E-state index is 11.9. The molecule has 1 aromatic carbocycles. The molecule has 0 aliphatic carbocycles. The van der Waals surface area contributed by atoms with E-state index in [1.807, 2.05) is 31.2 Å². The predicted octanol–water partition coefficient (Wildman–Crippen LogP) is 3.51. The number of hydrogen-bond acceptors (Lipinski definition) is 3. The van der Waals surface area contributed by atoms with Crippen LogP contribution in [0.5, 0.6) is 0 Å². The monoisotopic (exact) mass is 259 g/mol. The van der Waals surface area contributed by atoms with E-state index < -0.39 is 0 Å². The summed E-state index contributed by atoms with van der Waals surface area (Å²) >= 11 is 1.21. The van der Waals surface area contributed by atoms with Crippen LogP contribution < -0.4 is 5.32 Å². The zero-order valence-corrected chi connectivity index (χ0v) is 11.0. The summed E-state index contributed by atoms with van der Waals surface area (Å²) < 4.78 is 0. The van der Waals surface area contributed by atoms with Gasteiger partial charge in [-0.2, -0.15) is 0 Å². The third-order valence-corrected chi connectivity index (χ3v) is 3.67. The summed E-state index contributed by atoms with van der Waals surface area (Å²) in [5.41, 5.74) is 1.89. The summed E-state index contributed by atoms with van der Waals surface area (Å²) in [5.74, 6) is -0.203. The number of carbonyl (C=O) groups excluding carboxylic acids is 2. The molecule has 0 bridgehead atoms. The van der Waals surface area contributed by atoms with E-state index in [1.54, 1.807) is 12.1 Å². The molecular formula is C14H13NO2S. The van der Waals surface area contributed by atoms with Gasteiger partial charge < -0.3 is 5.32 Å². The number of benzene rings is 1. The Morgan fingerprint density at radius 3 is 2.17 bits per heavy atom. The average Bonchev–Trinajstić information content (AvgIpc) is 2.81. The van der Waals surface area contributed by atoms with E-state index in [4.69, 9.17) is 0 Å². The molecule has 2 aromatic rings. The molecule has 0 saturated carbocycles. The SMILES string of the molecule is CC(=O)c1ccc(C(=O)Nc2ccc(C)cc2)s1. The average molecular weight is 259 g/mol. The van der Waals surface area contributed by atoms with E-state index in [9.17, 15) is 9.59 Å². The first-order valence-corrected chi connectivity index (χ1v) is 6.37. The van der Waals surface area contributed by atoms with Crippen LogP contribution in [-0.2, 0) is 0 Å². The van der Waals surface area contributed by atoms with Crippen LogP contribution in [0.4, 0.5) is 5.69 Å². The van der Waals surface area contributed by atoms with Crippen LogP contribution in [0.3, 0.4) is 0 Å². The summed E-state index contributed by atoms with van der Waals surface area (Å²) in [6.45, 7) is 3.48. The molecular weight excluding hydrogens is 246 g/mol. The zero-order chi connectivity index (χ0) is 13.1. The largest absolute Gasteiger partial charge is 0.321 e. The van der Waals surface area contributed by atoms with Crippen molar-refractivity contribution in [3.63, 3.8) is 0 Å².